The molecule has 0 aliphatic rings. The number of hydrogen-bond acceptors (Lipinski definition) is 3. The number of aryl methyl sites for hydroxylation is 1. The highest BCUT2D eigenvalue weighted by Gasteiger charge is 2.11. The third-order valence-corrected chi connectivity index (χ3v) is 4.31. The van der Waals surface area contributed by atoms with Crippen LogP contribution in [0.5, 0.6) is 0 Å². The van der Waals surface area contributed by atoms with Crippen molar-refractivity contribution in [2.24, 2.45) is 0 Å². The zero-order chi connectivity index (χ0) is 14.4. The van der Waals surface area contributed by atoms with Gasteiger partial charge in [-0.3, -0.25) is 0 Å². The van der Waals surface area contributed by atoms with Crippen LogP contribution in [-0.4, -0.2) is 13.1 Å². The van der Waals surface area contributed by atoms with E-state index in [0.29, 0.717) is 0 Å². The topological polar surface area (TPSA) is 15.3 Å². The molecule has 1 N–H and O–H groups in total. The van der Waals surface area contributed by atoms with Crippen molar-refractivity contribution in [3.05, 3.63) is 51.7 Å². The van der Waals surface area contributed by atoms with Crippen molar-refractivity contribution in [3.63, 3.8) is 0 Å². The van der Waals surface area contributed by atoms with Crippen LogP contribution >= 0.6 is 11.3 Å². The predicted octanol–water partition coefficient (Wildman–Crippen LogP) is 4.19. The van der Waals surface area contributed by atoms with Crippen molar-refractivity contribution < 1.29 is 0 Å². The molecule has 0 saturated heterocycles. The molecular weight excluding hydrogens is 264 g/mol. The number of nitrogens with one attached hydrogen (secondary N) is 1. The van der Waals surface area contributed by atoms with Crippen LogP contribution in [0.15, 0.2) is 35.7 Å². The van der Waals surface area contributed by atoms with Gasteiger partial charge in [0.25, 0.3) is 0 Å². The van der Waals surface area contributed by atoms with Crippen LogP contribution in [0.2, 0.25) is 0 Å². The van der Waals surface area contributed by atoms with Gasteiger partial charge in [0.2, 0.25) is 0 Å². The standard InChI is InChI=1S/C17H24N2S/c1-4-18-12-15-11-14(3)8-9-17(15)19(5-2)13-16-7-6-10-20-16/h6-11,18H,4-5,12-13H2,1-3H3. The Morgan fingerprint density at radius 2 is 2.05 bits per heavy atom. The van der Waals surface area contributed by atoms with Crippen molar-refractivity contribution in [3.8, 4) is 0 Å². The van der Waals surface area contributed by atoms with Crippen LogP contribution in [0, 0.1) is 6.92 Å². The van der Waals surface area contributed by atoms with Gasteiger partial charge in [-0.2, -0.15) is 0 Å². The van der Waals surface area contributed by atoms with Gasteiger partial charge in [-0.1, -0.05) is 30.7 Å². The Labute approximate surface area is 126 Å². The first-order valence-electron chi connectivity index (χ1n) is 7.32. The highest BCUT2D eigenvalue weighted by Crippen LogP contribution is 2.25. The summed E-state index contributed by atoms with van der Waals surface area (Å²) in [4.78, 5) is 3.87. The zero-order valence-corrected chi connectivity index (χ0v) is 13.5. The van der Waals surface area contributed by atoms with Crippen LogP contribution in [0.1, 0.15) is 29.9 Å². The first-order chi connectivity index (χ1) is 9.74. The third-order valence-electron chi connectivity index (χ3n) is 3.45. The van der Waals surface area contributed by atoms with E-state index in [4.69, 9.17) is 0 Å². The maximum atomic E-state index is 3.45. The van der Waals surface area contributed by atoms with E-state index in [2.05, 4.69) is 66.7 Å². The fourth-order valence-corrected chi connectivity index (χ4v) is 3.10. The van der Waals surface area contributed by atoms with Gasteiger partial charge in [-0.15, -0.1) is 11.3 Å². The van der Waals surface area contributed by atoms with Gasteiger partial charge in [0.15, 0.2) is 0 Å². The minimum atomic E-state index is 0.939. The van der Waals surface area contributed by atoms with E-state index in [9.17, 15) is 0 Å². The van der Waals surface area contributed by atoms with Gasteiger partial charge in [-0.25, -0.2) is 0 Å². The molecule has 2 rings (SSSR count). The fourth-order valence-electron chi connectivity index (χ4n) is 2.38. The molecule has 0 bridgehead atoms. The quantitative estimate of drug-likeness (QED) is 0.821. The molecule has 1 heterocycles. The highest BCUT2D eigenvalue weighted by atomic mass is 32.1. The number of nitrogens with zero attached hydrogens (tertiary/aromatic N) is 1. The van der Waals surface area contributed by atoms with Gasteiger partial charge in [-0.05, 0) is 43.5 Å². The van der Waals surface area contributed by atoms with Crippen molar-refractivity contribution in [2.45, 2.75) is 33.9 Å². The Hall–Kier alpha value is -1.32. The largest absolute Gasteiger partial charge is 0.366 e. The Balaban J connectivity index is 2.23. The molecule has 2 nitrogen and oxygen atoms in total. The van der Waals surface area contributed by atoms with E-state index in [1.807, 2.05) is 11.3 Å². The number of thiophene rings is 1. The minimum absolute atomic E-state index is 0.939. The smallest absolute Gasteiger partial charge is 0.0522 e. The van der Waals surface area contributed by atoms with Crippen molar-refractivity contribution >= 4 is 17.0 Å². The normalized spacial score (nSPS) is 10.8. The van der Waals surface area contributed by atoms with Crippen molar-refractivity contribution in [1.29, 1.82) is 0 Å². The van der Waals surface area contributed by atoms with E-state index < -0.39 is 0 Å². The second kappa shape index (κ2) is 7.46. The molecule has 20 heavy (non-hydrogen) atoms. The summed E-state index contributed by atoms with van der Waals surface area (Å²) in [5.74, 6) is 0. The summed E-state index contributed by atoms with van der Waals surface area (Å²) >= 11 is 1.83. The lowest BCUT2D eigenvalue weighted by molar-refractivity contribution is 0.719. The minimum Gasteiger partial charge on any atom is -0.366 e. The Morgan fingerprint density at radius 3 is 2.70 bits per heavy atom. The van der Waals surface area contributed by atoms with Gasteiger partial charge < -0.3 is 10.2 Å². The molecule has 0 spiro atoms. The second-order valence-corrected chi connectivity index (χ2v) is 6.04. The second-order valence-electron chi connectivity index (χ2n) is 5.01. The molecule has 0 fully saturated rings. The molecule has 2 aromatic rings. The molecule has 3 heteroatoms. The van der Waals surface area contributed by atoms with Crippen LogP contribution in [0.25, 0.3) is 0 Å². The molecule has 0 aliphatic carbocycles. The molecule has 1 aromatic carbocycles. The highest BCUT2D eigenvalue weighted by molar-refractivity contribution is 7.09. The molecule has 108 valence electrons. The lowest BCUT2D eigenvalue weighted by atomic mass is 10.1. The SMILES string of the molecule is CCNCc1cc(C)ccc1N(CC)Cc1cccs1. The first kappa shape index (κ1) is 15.1. The summed E-state index contributed by atoms with van der Waals surface area (Å²) in [6, 6.07) is 11.1. The Morgan fingerprint density at radius 1 is 1.20 bits per heavy atom. The lowest BCUT2D eigenvalue weighted by Crippen LogP contribution is -2.24. The maximum Gasteiger partial charge on any atom is 0.0522 e. The molecule has 0 saturated carbocycles. The number of benzene rings is 1. The first-order valence-corrected chi connectivity index (χ1v) is 8.20. The van der Waals surface area contributed by atoms with Gasteiger partial charge in [0.1, 0.15) is 0 Å². The van der Waals surface area contributed by atoms with Crippen molar-refractivity contribution in [1.82, 2.24) is 5.32 Å². The molecule has 0 aliphatic heterocycles. The summed E-state index contributed by atoms with van der Waals surface area (Å²) in [5.41, 5.74) is 4.08. The van der Waals surface area contributed by atoms with Crippen LogP contribution in [0.3, 0.4) is 0 Å². The predicted molar refractivity (Wildman–Crippen MR) is 89.6 cm³/mol. The number of hydrogen-bond donors (Lipinski definition) is 1. The average molecular weight is 288 g/mol. The third kappa shape index (κ3) is 3.84. The summed E-state index contributed by atoms with van der Waals surface area (Å²) in [7, 11) is 0. The van der Waals surface area contributed by atoms with E-state index in [0.717, 1.165) is 26.2 Å². The molecule has 0 amide bonds. The average Bonchev–Trinajstić information content (AvgIpc) is 2.96. The summed E-state index contributed by atoms with van der Waals surface area (Å²) in [6.07, 6.45) is 0. The monoisotopic (exact) mass is 288 g/mol. The van der Waals surface area contributed by atoms with Crippen LogP contribution in [0.4, 0.5) is 5.69 Å². The van der Waals surface area contributed by atoms with Gasteiger partial charge in [0, 0.05) is 23.7 Å². The van der Waals surface area contributed by atoms with Crippen LogP contribution in [-0.2, 0) is 13.1 Å². The molecule has 0 atom stereocenters. The number of anilines is 1. The van der Waals surface area contributed by atoms with E-state index in [1.54, 1.807) is 0 Å². The number of rotatable bonds is 7. The summed E-state index contributed by atoms with van der Waals surface area (Å²) in [5, 5.41) is 5.60. The molecule has 0 radical (unpaired) electrons. The fraction of sp³-hybridized carbons (Fsp3) is 0.412. The zero-order valence-electron chi connectivity index (χ0n) is 12.6. The molecule has 1 aromatic heterocycles. The molecular formula is C17H24N2S. The van der Waals surface area contributed by atoms with Gasteiger partial charge >= 0.3 is 0 Å². The van der Waals surface area contributed by atoms with E-state index >= 15 is 0 Å². The maximum absolute atomic E-state index is 3.45. The molecule has 0 unspecified atom stereocenters. The van der Waals surface area contributed by atoms with Crippen molar-refractivity contribution in [2.75, 3.05) is 18.0 Å². The van der Waals surface area contributed by atoms with E-state index in [1.165, 1.54) is 21.7 Å². The Kier molecular flexibility index (Phi) is 5.62. The summed E-state index contributed by atoms with van der Waals surface area (Å²) < 4.78 is 0. The van der Waals surface area contributed by atoms with Crippen LogP contribution < -0.4 is 10.2 Å². The summed E-state index contributed by atoms with van der Waals surface area (Å²) in [6.45, 7) is 10.5. The lowest BCUT2D eigenvalue weighted by Gasteiger charge is -2.26. The van der Waals surface area contributed by atoms with E-state index in [-0.39, 0.29) is 0 Å². The Bertz CT molecular complexity index is 520. The van der Waals surface area contributed by atoms with Gasteiger partial charge in [0.05, 0.1) is 6.54 Å².